The highest BCUT2D eigenvalue weighted by atomic mass is 16.5. The fourth-order valence-electron chi connectivity index (χ4n) is 4.22. The maximum absolute atomic E-state index is 5.64. The fraction of sp³-hybridized carbons (Fsp3) is 0.500. The predicted octanol–water partition coefficient (Wildman–Crippen LogP) is 2.69. The predicted molar refractivity (Wildman–Crippen MR) is 114 cm³/mol. The number of nitrogens with zero attached hydrogens (tertiary/aromatic N) is 6. The summed E-state index contributed by atoms with van der Waals surface area (Å²) in [5, 5.41) is 4.95. The largest absolute Gasteiger partial charge is 0.496 e. The Morgan fingerprint density at radius 1 is 1.21 bits per heavy atom. The highest BCUT2D eigenvalue weighted by Crippen LogP contribution is 2.32. The van der Waals surface area contributed by atoms with Gasteiger partial charge in [-0.3, -0.25) is 4.90 Å². The molecule has 1 atom stereocenters. The average molecular weight is 395 g/mol. The molecule has 0 spiro atoms. The van der Waals surface area contributed by atoms with Crippen LogP contribution in [0.2, 0.25) is 0 Å². The van der Waals surface area contributed by atoms with E-state index in [0.29, 0.717) is 5.92 Å². The van der Waals surface area contributed by atoms with Crippen molar-refractivity contribution in [1.29, 1.82) is 0 Å². The summed E-state index contributed by atoms with van der Waals surface area (Å²) in [5.74, 6) is 1.38. The molecule has 0 N–H and O–H groups in total. The van der Waals surface area contributed by atoms with Crippen molar-refractivity contribution in [3.05, 3.63) is 47.4 Å². The van der Waals surface area contributed by atoms with Crippen LogP contribution in [0, 0.1) is 6.92 Å². The third kappa shape index (κ3) is 4.11. The van der Waals surface area contributed by atoms with Gasteiger partial charge in [0.1, 0.15) is 11.3 Å². The van der Waals surface area contributed by atoms with E-state index in [9.17, 15) is 0 Å². The maximum atomic E-state index is 5.64. The van der Waals surface area contributed by atoms with E-state index in [1.807, 2.05) is 4.68 Å². The van der Waals surface area contributed by atoms with Crippen LogP contribution < -0.4 is 4.74 Å². The zero-order valence-corrected chi connectivity index (χ0v) is 17.8. The Balaban J connectivity index is 1.54. The molecule has 1 aromatic carbocycles. The molecule has 0 bridgehead atoms. The second-order valence-corrected chi connectivity index (χ2v) is 8.13. The van der Waals surface area contributed by atoms with E-state index in [1.54, 1.807) is 19.5 Å². The first-order valence-electron chi connectivity index (χ1n) is 10.2. The molecule has 1 aliphatic heterocycles. The number of hydrogen-bond donors (Lipinski definition) is 0. The van der Waals surface area contributed by atoms with Gasteiger partial charge in [-0.05, 0) is 39.5 Å². The Bertz CT molecular complexity index is 983. The Labute approximate surface area is 172 Å². The number of likely N-dealkylation sites (N-methyl/N-ethyl adjacent to an activating group) is 1. The molecule has 0 radical (unpaired) electrons. The van der Waals surface area contributed by atoms with Crippen molar-refractivity contribution in [1.82, 2.24) is 29.5 Å². The van der Waals surface area contributed by atoms with Crippen LogP contribution in [0.5, 0.6) is 5.75 Å². The van der Waals surface area contributed by atoms with Crippen LogP contribution >= 0.6 is 0 Å². The lowest BCUT2D eigenvalue weighted by molar-refractivity contribution is 0.316. The van der Waals surface area contributed by atoms with E-state index in [0.717, 1.165) is 61.8 Å². The van der Waals surface area contributed by atoms with Gasteiger partial charge in [0.05, 0.1) is 19.3 Å². The maximum Gasteiger partial charge on any atom is 0.177 e. The summed E-state index contributed by atoms with van der Waals surface area (Å²) in [5.41, 5.74) is 5.36. The molecule has 29 heavy (non-hydrogen) atoms. The van der Waals surface area contributed by atoms with Gasteiger partial charge in [-0.1, -0.05) is 18.2 Å². The first-order chi connectivity index (χ1) is 14.1. The summed E-state index contributed by atoms with van der Waals surface area (Å²) in [6, 6.07) is 6.37. The lowest BCUT2D eigenvalue weighted by Gasteiger charge is -2.18. The van der Waals surface area contributed by atoms with Gasteiger partial charge in [0.15, 0.2) is 5.65 Å². The zero-order chi connectivity index (χ0) is 20.4. The molecule has 7 heteroatoms. The van der Waals surface area contributed by atoms with Crippen LogP contribution in [0.25, 0.3) is 11.2 Å². The van der Waals surface area contributed by atoms with E-state index >= 15 is 0 Å². The van der Waals surface area contributed by atoms with Crippen LogP contribution in [0.15, 0.2) is 30.6 Å². The minimum Gasteiger partial charge on any atom is -0.496 e. The van der Waals surface area contributed by atoms with Gasteiger partial charge >= 0.3 is 0 Å². The summed E-state index contributed by atoms with van der Waals surface area (Å²) in [6.45, 7) is 6.77. The van der Waals surface area contributed by atoms with Crippen LogP contribution in [0.1, 0.15) is 29.2 Å². The van der Waals surface area contributed by atoms with Gasteiger partial charge < -0.3 is 9.64 Å². The Morgan fingerprint density at radius 3 is 2.83 bits per heavy atom. The first kappa shape index (κ1) is 19.8. The summed E-state index contributed by atoms with van der Waals surface area (Å²) < 4.78 is 7.66. The monoisotopic (exact) mass is 394 g/mol. The number of likely N-dealkylation sites (tertiary alicyclic amines) is 1. The third-order valence-electron chi connectivity index (χ3n) is 5.70. The standard InChI is InChI=1S/C22H30N6O/c1-16-6-5-7-18(21(16)29-4)15-27-11-8-17(14-27)19-20-22(24-10-9-23-20)28(25-19)13-12-26(2)3/h5-7,9-10,17H,8,11-15H2,1-4H3/t17-/m0/s1. The summed E-state index contributed by atoms with van der Waals surface area (Å²) in [4.78, 5) is 13.8. The third-order valence-corrected chi connectivity index (χ3v) is 5.70. The Kier molecular flexibility index (Phi) is 5.78. The molecule has 3 aromatic rings. The molecule has 2 aromatic heterocycles. The van der Waals surface area contributed by atoms with Crippen molar-refractivity contribution in [2.75, 3.05) is 40.8 Å². The molecule has 1 saturated heterocycles. The summed E-state index contributed by atoms with van der Waals surface area (Å²) in [7, 11) is 5.91. The number of methoxy groups -OCH3 is 1. The lowest BCUT2D eigenvalue weighted by atomic mass is 10.0. The molecule has 7 nitrogen and oxygen atoms in total. The average Bonchev–Trinajstić information content (AvgIpc) is 3.31. The van der Waals surface area contributed by atoms with Gasteiger partial charge in [0, 0.05) is 43.5 Å². The van der Waals surface area contributed by atoms with Gasteiger partial charge in [0.25, 0.3) is 0 Å². The van der Waals surface area contributed by atoms with E-state index < -0.39 is 0 Å². The van der Waals surface area contributed by atoms with Crippen LogP contribution in [-0.2, 0) is 13.1 Å². The number of ether oxygens (including phenoxy) is 1. The first-order valence-corrected chi connectivity index (χ1v) is 10.2. The van der Waals surface area contributed by atoms with Gasteiger partial charge in [-0.15, -0.1) is 0 Å². The van der Waals surface area contributed by atoms with E-state index in [4.69, 9.17) is 9.84 Å². The van der Waals surface area contributed by atoms with Crippen molar-refractivity contribution >= 4 is 11.2 Å². The number of aromatic nitrogens is 4. The quantitative estimate of drug-likeness (QED) is 0.614. The van der Waals surface area contributed by atoms with Crippen LogP contribution in [-0.4, -0.2) is 70.4 Å². The van der Waals surface area contributed by atoms with Crippen molar-refractivity contribution in [2.45, 2.75) is 32.4 Å². The molecule has 0 saturated carbocycles. The number of para-hydroxylation sites is 1. The van der Waals surface area contributed by atoms with Gasteiger partial charge in [0.2, 0.25) is 0 Å². The van der Waals surface area contributed by atoms with Gasteiger partial charge in [-0.2, -0.15) is 5.10 Å². The van der Waals surface area contributed by atoms with E-state index in [1.165, 1.54) is 11.1 Å². The lowest BCUT2D eigenvalue weighted by Crippen LogP contribution is -2.21. The van der Waals surface area contributed by atoms with E-state index in [2.05, 4.69) is 59.0 Å². The smallest absolute Gasteiger partial charge is 0.177 e. The molecule has 1 fully saturated rings. The minimum absolute atomic E-state index is 0.380. The SMILES string of the molecule is COc1c(C)cccc1CN1CC[C@H](c2nn(CCN(C)C)c3nccnc23)C1. The molecule has 3 heterocycles. The molecular weight excluding hydrogens is 364 g/mol. The normalized spacial score (nSPS) is 17.5. The van der Waals surface area contributed by atoms with Crippen molar-refractivity contribution in [3.8, 4) is 5.75 Å². The Morgan fingerprint density at radius 2 is 2.03 bits per heavy atom. The number of hydrogen-bond acceptors (Lipinski definition) is 6. The molecule has 4 rings (SSSR count). The number of benzene rings is 1. The van der Waals surface area contributed by atoms with Crippen LogP contribution in [0.3, 0.4) is 0 Å². The number of rotatable bonds is 7. The second kappa shape index (κ2) is 8.47. The highest BCUT2D eigenvalue weighted by molar-refractivity contribution is 5.73. The molecule has 0 aliphatic carbocycles. The summed E-state index contributed by atoms with van der Waals surface area (Å²) >= 11 is 0. The summed E-state index contributed by atoms with van der Waals surface area (Å²) in [6.07, 6.45) is 4.61. The van der Waals surface area contributed by atoms with Crippen molar-refractivity contribution in [3.63, 3.8) is 0 Å². The van der Waals surface area contributed by atoms with Crippen molar-refractivity contribution < 1.29 is 4.74 Å². The topological polar surface area (TPSA) is 59.3 Å². The highest BCUT2D eigenvalue weighted by Gasteiger charge is 2.29. The number of fused-ring (bicyclic) bond motifs is 1. The molecule has 0 unspecified atom stereocenters. The number of aryl methyl sites for hydroxylation is 1. The van der Waals surface area contributed by atoms with Crippen molar-refractivity contribution in [2.24, 2.45) is 0 Å². The molecule has 0 amide bonds. The van der Waals surface area contributed by atoms with E-state index in [-0.39, 0.29) is 0 Å². The Hall–Kier alpha value is -2.51. The van der Waals surface area contributed by atoms with Gasteiger partial charge in [-0.25, -0.2) is 14.6 Å². The fourth-order valence-corrected chi connectivity index (χ4v) is 4.22. The molecule has 1 aliphatic rings. The minimum atomic E-state index is 0.380. The zero-order valence-electron chi connectivity index (χ0n) is 17.8. The molecule has 154 valence electrons. The second-order valence-electron chi connectivity index (χ2n) is 8.13. The van der Waals surface area contributed by atoms with Crippen LogP contribution in [0.4, 0.5) is 0 Å². The molecular formula is C22H30N6O.